The van der Waals surface area contributed by atoms with Crippen LogP contribution in [-0.4, -0.2) is 11.7 Å². The van der Waals surface area contributed by atoms with Crippen LogP contribution in [-0.2, 0) is 6.42 Å². The summed E-state index contributed by atoms with van der Waals surface area (Å²) in [5, 5.41) is 14.2. The van der Waals surface area contributed by atoms with Crippen LogP contribution >= 0.6 is 0 Å². The van der Waals surface area contributed by atoms with Crippen molar-refractivity contribution >= 4 is 21.5 Å². The van der Waals surface area contributed by atoms with Crippen LogP contribution in [0, 0.1) is 0 Å². The fraction of sp³-hybridized carbons (Fsp3) is 0.176. The molecule has 0 aliphatic carbocycles. The van der Waals surface area contributed by atoms with Gasteiger partial charge in [-0.25, -0.2) is 0 Å². The van der Waals surface area contributed by atoms with Gasteiger partial charge in [0.1, 0.15) is 0 Å². The Hall–Kier alpha value is -1.86. The summed E-state index contributed by atoms with van der Waals surface area (Å²) in [5.41, 5.74) is 1.33. The minimum atomic E-state index is 0.251. The van der Waals surface area contributed by atoms with Crippen LogP contribution in [0.2, 0.25) is 0 Å². The van der Waals surface area contributed by atoms with Gasteiger partial charge in [0.05, 0.1) is 0 Å². The first-order valence-electron chi connectivity index (χ1n) is 6.40. The fourth-order valence-corrected chi connectivity index (χ4v) is 2.61. The van der Waals surface area contributed by atoms with Gasteiger partial charge in [0.2, 0.25) is 0 Å². The third-order valence-corrected chi connectivity index (χ3v) is 3.46. The molecule has 0 bridgehead atoms. The van der Waals surface area contributed by atoms with Crippen molar-refractivity contribution in [3.8, 4) is 0 Å². The zero-order valence-corrected chi connectivity index (χ0v) is 10.3. The maximum absolute atomic E-state index is 9.01. The highest BCUT2D eigenvalue weighted by Gasteiger charge is 2.05. The topological polar surface area (TPSA) is 20.2 Å². The molecule has 0 fully saturated rings. The lowest BCUT2D eigenvalue weighted by Gasteiger charge is -2.10. The number of rotatable bonds is 3. The van der Waals surface area contributed by atoms with Crippen LogP contribution < -0.4 is 0 Å². The molecule has 0 radical (unpaired) electrons. The average molecular weight is 236 g/mol. The molecule has 0 saturated carbocycles. The molecule has 3 rings (SSSR count). The largest absolute Gasteiger partial charge is 0.396 e. The first-order chi connectivity index (χ1) is 8.90. The van der Waals surface area contributed by atoms with Crippen LogP contribution in [0.25, 0.3) is 21.5 Å². The zero-order valence-electron chi connectivity index (χ0n) is 10.3. The van der Waals surface area contributed by atoms with Gasteiger partial charge in [-0.05, 0) is 39.9 Å². The molecule has 0 spiro atoms. The van der Waals surface area contributed by atoms with E-state index < -0.39 is 0 Å². The number of aryl methyl sites for hydroxylation is 1. The summed E-state index contributed by atoms with van der Waals surface area (Å²) in [7, 11) is 0. The monoisotopic (exact) mass is 236 g/mol. The van der Waals surface area contributed by atoms with Gasteiger partial charge in [-0.1, -0.05) is 54.6 Å². The normalized spacial score (nSPS) is 11.2. The maximum atomic E-state index is 9.01. The molecule has 3 aromatic carbocycles. The molecular weight excluding hydrogens is 220 g/mol. The molecular formula is C17H16O. The molecule has 0 saturated heterocycles. The second-order valence-electron chi connectivity index (χ2n) is 4.63. The van der Waals surface area contributed by atoms with Gasteiger partial charge in [0, 0.05) is 6.61 Å². The number of hydrogen-bond acceptors (Lipinski definition) is 1. The SMILES string of the molecule is OCCCc1cc2ccccc2c2ccccc12. The third kappa shape index (κ3) is 1.87. The number of aliphatic hydroxyl groups is 1. The van der Waals surface area contributed by atoms with E-state index in [9.17, 15) is 0 Å². The second-order valence-corrected chi connectivity index (χ2v) is 4.63. The van der Waals surface area contributed by atoms with Gasteiger partial charge in [-0.3, -0.25) is 0 Å². The van der Waals surface area contributed by atoms with Crippen molar-refractivity contribution in [2.24, 2.45) is 0 Å². The van der Waals surface area contributed by atoms with Crippen molar-refractivity contribution in [2.75, 3.05) is 6.61 Å². The third-order valence-electron chi connectivity index (χ3n) is 3.46. The van der Waals surface area contributed by atoms with Crippen molar-refractivity contribution in [1.82, 2.24) is 0 Å². The predicted molar refractivity (Wildman–Crippen MR) is 76.9 cm³/mol. The Morgan fingerprint density at radius 3 is 2.22 bits per heavy atom. The van der Waals surface area contributed by atoms with E-state index in [1.54, 1.807) is 0 Å². The Kier molecular flexibility index (Phi) is 2.99. The standard InChI is InChI=1S/C17H16O/c18-11-5-7-14-12-13-6-1-2-8-15(13)17-10-4-3-9-16(14)17/h1-4,6,8-10,12,18H,5,7,11H2. The maximum Gasteiger partial charge on any atom is 0.0434 e. The molecule has 0 amide bonds. The number of hydrogen-bond donors (Lipinski definition) is 1. The molecule has 0 unspecified atom stereocenters. The van der Waals surface area contributed by atoms with Gasteiger partial charge < -0.3 is 5.11 Å². The van der Waals surface area contributed by atoms with Crippen molar-refractivity contribution < 1.29 is 5.11 Å². The van der Waals surface area contributed by atoms with E-state index in [2.05, 4.69) is 54.6 Å². The van der Waals surface area contributed by atoms with Crippen LogP contribution in [0.15, 0.2) is 54.6 Å². The lowest BCUT2D eigenvalue weighted by atomic mass is 9.95. The van der Waals surface area contributed by atoms with Crippen molar-refractivity contribution in [1.29, 1.82) is 0 Å². The number of benzene rings is 3. The van der Waals surface area contributed by atoms with Crippen LogP contribution in [0.1, 0.15) is 12.0 Å². The summed E-state index contributed by atoms with van der Waals surface area (Å²) in [6, 6.07) is 19.3. The minimum Gasteiger partial charge on any atom is -0.396 e. The van der Waals surface area contributed by atoms with Crippen molar-refractivity contribution in [3.05, 3.63) is 60.2 Å². The van der Waals surface area contributed by atoms with E-state index in [1.807, 2.05) is 0 Å². The molecule has 0 aliphatic heterocycles. The van der Waals surface area contributed by atoms with Crippen molar-refractivity contribution in [3.63, 3.8) is 0 Å². The molecule has 1 heteroatoms. The van der Waals surface area contributed by atoms with Crippen LogP contribution in [0.4, 0.5) is 0 Å². The molecule has 90 valence electrons. The fourth-order valence-electron chi connectivity index (χ4n) is 2.61. The highest BCUT2D eigenvalue weighted by atomic mass is 16.2. The summed E-state index contributed by atoms with van der Waals surface area (Å²) >= 11 is 0. The Morgan fingerprint density at radius 1 is 0.778 bits per heavy atom. The first kappa shape index (κ1) is 11.2. The Morgan fingerprint density at radius 2 is 1.44 bits per heavy atom. The lowest BCUT2D eigenvalue weighted by molar-refractivity contribution is 0.289. The molecule has 0 atom stereocenters. The molecule has 0 aromatic heterocycles. The van der Waals surface area contributed by atoms with E-state index in [4.69, 9.17) is 5.11 Å². The average Bonchev–Trinajstić information content (AvgIpc) is 2.45. The highest BCUT2D eigenvalue weighted by Crippen LogP contribution is 2.29. The molecule has 1 nitrogen and oxygen atoms in total. The smallest absolute Gasteiger partial charge is 0.0434 e. The van der Waals surface area contributed by atoms with Gasteiger partial charge in [0.15, 0.2) is 0 Å². The van der Waals surface area contributed by atoms with E-state index in [-0.39, 0.29) is 6.61 Å². The van der Waals surface area contributed by atoms with Crippen molar-refractivity contribution in [2.45, 2.75) is 12.8 Å². The minimum absolute atomic E-state index is 0.251. The quantitative estimate of drug-likeness (QED) is 0.683. The van der Waals surface area contributed by atoms with Gasteiger partial charge >= 0.3 is 0 Å². The molecule has 3 aromatic rings. The second kappa shape index (κ2) is 4.79. The van der Waals surface area contributed by atoms with Crippen LogP contribution in [0.3, 0.4) is 0 Å². The Balaban J connectivity index is 2.32. The molecule has 18 heavy (non-hydrogen) atoms. The van der Waals surface area contributed by atoms with E-state index in [0.717, 1.165) is 12.8 Å². The van der Waals surface area contributed by atoms with Gasteiger partial charge in [-0.2, -0.15) is 0 Å². The van der Waals surface area contributed by atoms with Crippen LogP contribution in [0.5, 0.6) is 0 Å². The lowest BCUT2D eigenvalue weighted by Crippen LogP contribution is -1.92. The summed E-state index contributed by atoms with van der Waals surface area (Å²) in [4.78, 5) is 0. The van der Waals surface area contributed by atoms with E-state index in [0.29, 0.717) is 0 Å². The van der Waals surface area contributed by atoms with Gasteiger partial charge in [0.25, 0.3) is 0 Å². The zero-order chi connectivity index (χ0) is 12.4. The number of fused-ring (bicyclic) bond motifs is 3. The summed E-state index contributed by atoms with van der Waals surface area (Å²) in [6.45, 7) is 0.251. The summed E-state index contributed by atoms with van der Waals surface area (Å²) in [6.07, 6.45) is 1.75. The van der Waals surface area contributed by atoms with E-state index in [1.165, 1.54) is 27.1 Å². The summed E-state index contributed by atoms with van der Waals surface area (Å²) < 4.78 is 0. The number of aliphatic hydroxyl groups excluding tert-OH is 1. The molecule has 1 N–H and O–H groups in total. The first-order valence-corrected chi connectivity index (χ1v) is 6.40. The molecule has 0 aliphatic rings. The molecule has 0 heterocycles. The summed E-state index contributed by atoms with van der Waals surface area (Å²) in [5.74, 6) is 0. The van der Waals surface area contributed by atoms with Gasteiger partial charge in [-0.15, -0.1) is 0 Å². The highest BCUT2D eigenvalue weighted by molar-refractivity contribution is 6.08. The predicted octanol–water partition coefficient (Wildman–Crippen LogP) is 3.92. The Bertz CT molecular complexity index is 685. The Labute approximate surface area is 107 Å². The van der Waals surface area contributed by atoms with E-state index >= 15 is 0 Å².